The van der Waals surface area contributed by atoms with Gasteiger partial charge in [0.25, 0.3) is 5.91 Å². The van der Waals surface area contributed by atoms with Crippen LogP contribution in [0, 0.1) is 0 Å². The van der Waals surface area contributed by atoms with E-state index in [4.69, 9.17) is 0 Å². The number of nitrogens with one attached hydrogen (secondary N) is 1. The summed E-state index contributed by atoms with van der Waals surface area (Å²) in [5.41, 5.74) is 3.23. The van der Waals surface area contributed by atoms with Crippen molar-refractivity contribution in [2.45, 2.75) is 43.0 Å². The van der Waals surface area contributed by atoms with E-state index in [0.717, 1.165) is 28.3 Å². The van der Waals surface area contributed by atoms with Crippen LogP contribution in [0.2, 0.25) is 0 Å². The van der Waals surface area contributed by atoms with Crippen LogP contribution in [-0.4, -0.2) is 23.9 Å². The molecule has 1 aliphatic heterocycles. The average molecular weight is 437 g/mol. The molecule has 1 saturated heterocycles. The van der Waals surface area contributed by atoms with Crippen molar-refractivity contribution in [1.29, 1.82) is 0 Å². The van der Waals surface area contributed by atoms with Crippen molar-refractivity contribution in [2.75, 3.05) is 13.1 Å². The fourth-order valence-electron chi connectivity index (χ4n) is 3.74. The number of carbonyl (C=O) groups is 1. The van der Waals surface area contributed by atoms with Crippen LogP contribution in [0.3, 0.4) is 0 Å². The molecule has 0 unspecified atom stereocenters. The first kappa shape index (κ1) is 21.2. The Morgan fingerprint density at radius 1 is 0.933 bits per heavy atom. The van der Waals surface area contributed by atoms with Crippen molar-refractivity contribution in [3.8, 4) is 0 Å². The Morgan fingerprint density at radius 2 is 1.70 bits per heavy atom. The third-order valence-corrected chi connectivity index (χ3v) is 7.59. The maximum absolute atomic E-state index is 12.8. The molecule has 4 rings (SSSR count). The summed E-state index contributed by atoms with van der Waals surface area (Å²) in [5.74, 6) is 0.877. The normalized spacial score (nSPS) is 14.5. The van der Waals surface area contributed by atoms with Crippen LogP contribution in [0.1, 0.15) is 45.6 Å². The summed E-state index contributed by atoms with van der Waals surface area (Å²) >= 11 is 3.47. The van der Waals surface area contributed by atoms with Gasteiger partial charge in [-0.25, -0.2) is 0 Å². The Kier molecular flexibility index (Phi) is 7.62. The first-order chi connectivity index (χ1) is 14.8. The number of hydrogen-bond acceptors (Lipinski definition) is 4. The van der Waals surface area contributed by atoms with Gasteiger partial charge in [-0.3, -0.25) is 9.69 Å². The molecule has 1 N–H and O–H groups in total. The summed E-state index contributed by atoms with van der Waals surface area (Å²) in [5, 5.41) is 5.18. The van der Waals surface area contributed by atoms with Crippen LogP contribution in [-0.2, 0) is 18.8 Å². The monoisotopic (exact) mass is 436 g/mol. The number of benzene rings is 2. The zero-order valence-electron chi connectivity index (χ0n) is 17.2. The lowest BCUT2D eigenvalue weighted by Gasteiger charge is -2.26. The molecule has 0 bridgehead atoms. The highest BCUT2D eigenvalue weighted by atomic mass is 32.2. The fourth-order valence-corrected chi connectivity index (χ4v) is 5.56. The smallest absolute Gasteiger partial charge is 0.252 e. The molecule has 0 atom stereocenters. The van der Waals surface area contributed by atoms with Gasteiger partial charge in [0.15, 0.2) is 0 Å². The number of piperidine rings is 1. The molecular formula is C25H28N2OS2. The molecule has 2 heterocycles. The van der Waals surface area contributed by atoms with Crippen molar-refractivity contribution in [3.05, 3.63) is 87.6 Å². The average Bonchev–Trinajstić information content (AvgIpc) is 3.32. The molecule has 156 valence electrons. The van der Waals surface area contributed by atoms with E-state index in [9.17, 15) is 4.79 Å². The van der Waals surface area contributed by atoms with Crippen LogP contribution < -0.4 is 5.32 Å². The second-order valence-electron chi connectivity index (χ2n) is 7.70. The zero-order valence-corrected chi connectivity index (χ0v) is 18.8. The molecule has 2 aromatic carbocycles. The van der Waals surface area contributed by atoms with Gasteiger partial charge >= 0.3 is 0 Å². The Morgan fingerprint density at radius 3 is 2.47 bits per heavy atom. The highest BCUT2D eigenvalue weighted by Crippen LogP contribution is 2.28. The molecule has 0 saturated carbocycles. The van der Waals surface area contributed by atoms with Gasteiger partial charge in [-0.1, -0.05) is 48.9 Å². The minimum atomic E-state index is -0.0123. The highest BCUT2D eigenvalue weighted by Gasteiger charge is 2.12. The van der Waals surface area contributed by atoms with Gasteiger partial charge < -0.3 is 5.32 Å². The van der Waals surface area contributed by atoms with E-state index in [2.05, 4.69) is 52.0 Å². The van der Waals surface area contributed by atoms with E-state index in [0.29, 0.717) is 6.54 Å². The number of amides is 1. The summed E-state index contributed by atoms with van der Waals surface area (Å²) in [4.78, 5) is 17.7. The molecule has 30 heavy (non-hydrogen) atoms. The largest absolute Gasteiger partial charge is 0.348 e. The predicted octanol–water partition coefficient (Wildman–Crippen LogP) is 5.96. The van der Waals surface area contributed by atoms with Crippen LogP contribution in [0.25, 0.3) is 0 Å². The third-order valence-electron chi connectivity index (χ3n) is 5.41. The SMILES string of the molecule is O=C(NCc1ccc(CN2CCCCC2)cc1)c1ccccc1SCc1cccs1. The van der Waals surface area contributed by atoms with Gasteiger partial charge in [-0.05, 0) is 60.6 Å². The number of carbonyl (C=O) groups excluding carboxylic acids is 1. The molecule has 0 spiro atoms. The molecule has 5 heteroatoms. The van der Waals surface area contributed by atoms with E-state index in [-0.39, 0.29) is 5.91 Å². The summed E-state index contributed by atoms with van der Waals surface area (Å²) in [7, 11) is 0. The second-order valence-corrected chi connectivity index (χ2v) is 9.75. The maximum atomic E-state index is 12.8. The van der Waals surface area contributed by atoms with E-state index < -0.39 is 0 Å². The number of thioether (sulfide) groups is 1. The van der Waals surface area contributed by atoms with Crippen molar-refractivity contribution >= 4 is 29.0 Å². The Labute approximate surface area is 187 Å². The van der Waals surface area contributed by atoms with Crippen LogP contribution in [0.4, 0.5) is 0 Å². The molecule has 1 aromatic heterocycles. The lowest BCUT2D eigenvalue weighted by molar-refractivity contribution is 0.0948. The van der Waals surface area contributed by atoms with E-state index in [1.165, 1.54) is 42.8 Å². The van der Waals surface area contributed by atoms with Crippen molar-refractivity contribution < 1.29 is 4.79 Å². The topological polar surface area (TPSA) is 32.3 Å². The first-order valence-electron chi connectivity index (χ1n) is 10.6. The van der Waals surface area contributed by atoms with E-state index >= 15 is 0 Å². The predicted molar refractivity (Wildman–Crippen MR) is 127 cm³/mol. The van der Waals surface area contributed by atoms with Gasteiger partial charge in [-0.15, -0.1) is 23.1 Å². The van der Waals surface area contributed by atoms with Crippen LogP contribution in [0.15, 0.2) is 70.9 Å². The second kappa shape index (κ2) is 10.8. The number of likely N-dealkylation sites (tertiary alicyclic amines) is 1. The van der Waals surface area contributed by atoms with Crippen molar-refractivity contribution in [2.24, 2.45) is 0 Å². The quantitative estimate of drug-likeness (QED) is 0.443. The summed E-state index contributed by atoms with van der Waals surface area (Å²) in [6.07, 6.45) is 4.00. The Hall–Kier alpha value is -2.08. The summed E-state index contributed by atoms with van der Waals surface area (Å²) in [6, 6.07) is 20.7. The lowest BCUT2D eigenvalue weighted by atomic mass is 10.1. The fraction of sp³-hybridized carbons (Fsp3) is 0.320. The third kappa shape index (κ3) is 5.97. The summed E-state index contributed by atoms with van der Waals surface area (Å²) < 4.78 is 0. The molecule has 3 aromatic rings. The number of rotatable bonds is 8. The Balaban J connectivity index is 1.31. The van der Waals surface area contributed by atoms with E-state index in [1.54, 1.807) is 23.1 Å². The standard InChI is InChI=1S/C25H28N2OS2/c28-25(23-8-2-3-9-24(23)30-19-22-7-6-16-29-22)26-17-20-10-12-21(13-11-20)18-27-14-4-1-5-15-27/h2-3,6-13,16H,1,4-5,14-15,17-19H2,(H,26,28). The minimum Gasteiger partial charge on any atom is -0.348 e. The van der Waals surface area contributed by atoms with Gasteiger partial charge in [0.2, 0.25) is 0 Å². The Bertz CT molecular complexity index is 932. The zero-order chi connectivity index (χ0) is 20.6. The van der Waals surface area contributed by atoms with Crippen LogP contribution >= 0.6 is 23.1 Å². The molecule has 1 fully saturated rings. The minimum absolute atomic E-state index is 0.0123. The molecule has 0 radical (unpaired) electrons. The summed E-state index contributed by atoms with van der Waals surface area (Å²) in [6.45, 7) is 4.00. The first-order valence-corrected chi connectivity index (χ1v) is 12.5. The number of nitrogens with zero attached hydrogens (tertiary/aromatic N) is 1. The van der Waals surface area contributed by atoms with Gasteiger partial charge in [0.05, 0.1) is 5.56 Å². The van der Waals surface area contributed by atoms with Gasteiger partial charge in [-0.2, -0.15) is 0 Å². The maximum Gasteiger partial charge on any atom is 0.252 e. The van der Waals surface area contributed by atoms with E-state index in [1.807, 2.05) is 24.3 Å². The lowest BCUT2D eigenvalue weighted by Crippen LogP contribution is -2.29. The number of hydrogen-bond donors (Lipinski definition) is 1. The molecule has 0 aliphatic carbocycles. The van der Waals surface area contributed by atoms with Crippen molar-refractivity contribution in [1.82, 2.24) is 10.2 Å². The molecule has 1 amide bonds. The molecule has 3 nitrogen and oxygen atoms in total. The molecule has 1 aliphatic rings. The highest BCUT2D eigenvalue weighted by molar-refractivity contribution is 7.98. The molecular weight excluding hydrogens is 408 g/mol. The van der Waals surface area contributed by atoms with Gasteiger partial charge in [0, 0.05) is 28.6 Å². The van der Waals surface area contributed by atoms with Crippen molar-refractivity contribution in [3.63, 3.8) is 0 Å². The van der Waals surface area contributed by atoms with Gasteiger partial charge in [0.1, 0.15) is 0 Å². The van der Waals surface area contributed by atoms with Crippen LogP contribution in [0.5, 0.6) is 0 Å². The number of thiophene rings is 1.